The molecule has 1 aliphatic rings. The molecule has 0 fully saturated rings. The number of aliphatic hydroxyl groups excluding tert-OH is 1. The van der Waals surface area contributed by atoms with Crippen LogP contribution in [0.4, 0.5) is 19.0 Å². The van der Waals surface area contributed by atoms with Gasteiger partial charge in [-0.1, -0.05) is 23.7 Å². The highest BCUT2D eigenvalue weighted by Crippen LogP contribution is 2.45. The van der Waals surface area contributed by atoms with Crippen molar-refractivity contribution in [3.05, 3.63) is 64.2 Å². The summed E-state index contributed by atoms with van der Waals surface area (Å²) in [5.41, 5.74) is 15.5. The maximum Gasteiger partial charge on any atom is 0.490 e. The van der Waals surface area contributed by atoms with Crippen LogP contribution in [0.3, 0.4) is 0 Å². The number of nitrogen functional groups attached to an aromatic ring is 1. The summed E-state index contributed by atoms with van der Waals surface area (Å²) in [6, 6.07) is 5.36. The smallest absolute Gasteiger partial charge is 0.490 e. The van der Waals surface area contributed by atoms with Crippen LogP contribution >= 0.6 is 11.6 Å². The number of carboxylic acid groups (broad SMARTS) is 1. The number of aryl methyl sites for hydroxylation is 2. The van der Waals surface area contributed by atoms with Gasteiger partial charge in [0, 0.05) is 11.8 Å². The summed E-state index contributed by atoms with van der Waals surface area (Å²) in [5.74, 6) is -1.53. The van der Waals surface area contributed by atoms with Gasteiger partial charge in [0.25, 0.3) is 0 Å². The number of ether oxygens (including phenoxy) is 1. The third-order valence-electron chi connectivity index (χ3n) is 6.50. The number of anilines is 1. The Morgan fingerprint density at radius 2 is 1.98 bits per heavy atom. The maximum atomic E-state index is 10.6. The number of carboxylic acids is 1. The number of nitrogens with zero attached hydrogens (tertiary/aromatic N) is 5. The number of carbonyl (C=O) groups is 1. The number of nitrogens with one attached hydrogen (secondary N) is 1. The van der Waals surface area contributed by atoms with E-state index < -0.39 is 23.7 Å². The number of methoxy groups -OCH3 is 1. The molecular formula is C26H30ClF3N8O4. The van der Waals surface area contributed by atoms with E-state index in [1.165, 1.54) is 6.33 Å². The quantitative estimate of drug-likeness (QED) is 0.196. The average Bonchev–Trinajstić information content (AvgIpc) is 3.28. The van der Waals surface area contributed by atoms with Gasteiger partial charge in [0.05, 0.1) is 42.4 Å². The zero-order valence-corrected chi connectivity index (χ0v) is 23.8. The normalized spacial score (nSPS) is 17.9. The SMILES string of the molecule is COc1cccc(C)c1C1(C(N)=NCCO)NC=C(Cl)C=C1C(C)n1nc(C)c2c(N)ncnc21.O=C(O)C(F)(F)F. The summed E-state index contributed by atoms with van der Waals surface area (Å²) in [6.07, 6.45) is -0.141. The third-order valence-corrected chi connectivity index (χ3v) is 6.72. The fourth-order valence-electron chi connectivity index (χ4n) is 4.71. The van der Waals surface area contributed by atoms with E-state index in [1.54, 1.807) is 18.0 Å². The van der Waals surface area contributed by atoms with Crippen molar-refractivity contribution in [2.75, 3.05) is 26.0 Å². The zero-order valence-electron chi connectivity index (χ0n) is 23.1. The lowest BCUT2D eigenvalue weighted by molar-refractivity contribution is -0.192. The van der Waals surface area contributed by atoms with E-state index in [0.29, 0.717) is 33.3 Å². The number of fused-ring (bicyclic) bond motifs is 1. The molecule has 2 unspecified atom stereocenters. The molecule has 0 spiro atoms. The molecule has 226 valence electrons. The number of hydrogen-bond donors (Lipinski definition) is 5. The second-order valence-electron chi connectivity index (χ2n) is 9.13. The van der Waals surface area contributed by atoms with Crippen molar-refractivity contribution in [3.8, 4) is 5.75 Å². The van der Waals surface area contributed by atoms with Crippen LogP contribution in [0.1, 0.15) is 29.8 Å². The summed E-state index contributed by atoms with van der Waals surface area (Å²) >= 11 is 6.52. The van der Waals surface area contributed by atoms with E-state index >= 15 is 0 Å². The van der Waals surface area contributed by atoms with Crippen molar-refractivity contribution >= 4 is 40.3 Å². The van der Waals surface area contributed by atoms with Crippen molar-refractivity contribution in [1.29, 1.82) is 0 Å². The number of halogens is 4. The molecule has 12 nitrogen and oxygen atoms in total. The number of aliphatic imine (C=N–C) groups is 1. The highest BCUT2D eigenvalue weighted by molar-refractivity contribution is 6.31. The average molecular weight is 611 g/mol. The second-order valence-corrected chi connectivity index (χ2v) is 9.57. The van der Waals surface area contributed by atoms with E-state index in [2.05, 4.69) is 20.3 Å². The molecule has 3 aromatic rings. The van der Waals surface area contributed by atoms with Gasteiger partial charge in [0.1, 0.15) is 29.3 Å². The first-order chi connectivity index (χ1) is 19.7. The van der Waals surface area contributed by atoms with Crippen LogP contribution in [0.25, 0.3) is 11.0 Å². The van der Waals surface area contributed by atoms with Gasteiger partial charge in [-0.3, -0.25) is 4.99 Å². The summed E-state index contributed by atoms with van der Waals surface area (Å²) in [7, 11) is 1.61. The minimum absolute atomic E-state index is 0.135. The van der Waals surface area contributed by atoms with Gasteiger partial charge >= 0.3 is 12.1 Å². The lowest BCUT2D eigenvalue weighted by Gasteiger charge is -2.42. The largest absolute Gasteiger partial charge is 0.496 e. The summed E-state index contributed by atoms with van der Waals surface area (Å²) in [6.45, 7) is 5.80. The molecule has 3 heterocycles. The lowest BCUT2D eigenvalue weighted by atomic mass is 9.74. The van der Waals surface area contributed by atoms with Gasteiger partial charge in [-0.25, -0.2) is 19.4 Å². The van der Waals surface area contributed by atoms with Crippen molar-refractivity contribution < 1.29 is 32.9 Å². The zero-order chi connectivity index (χ0) is 31.4. The summed E-state index contributed by atoms with van der Waals surface area (Å²) < 4.78 is 39.3. The molecule has 2 atom stereocenters. The van der Waals surface area contributed by atoms with Gasteiger partial charge in [-0.2, -0.15) is 18.3 Å². The van der Waals surface area contributed by atoms with Crippen LogP contribution in [-0.4, -0.2) is 68.2 Å². The Balaban J connectivity index is 0.000000616. The Kier molecular flexibility index (Phi) is 9.68. The number of nitrogens with two attached hydrogens (primary N) is 2. The first-order valence-corrected chi connectivity index (χ1v) is 12.7. The first-order valence-electron chi connectivity index (χ1n) is 12.4. The number of hydrogen-bond acceptors (Lipinski definition) is 9. The molecule has 0 aliphatic carbocycles. The highest BCUT2D eigenvalue weighted by Gasteiger charge is 2.47. The van der Waals surface area contributed by atoms with Crippen LogP contribution in [0.2, 0.25) is 0 Å². The molecule has 0 saturated carbocycles. The maximum absolute atomic E-state index is 10.6. The minimum atomic E-state index is -5.08. The van der Waals surface area contributed by atoms with E-state index in [-0.39, 0.29) is 19.0 Å². The van der Waals surface area contributed by atoms with Crippen LogP contribution in [0.15, 0.2) is 52.4 Å². The van der Waals surface area contributed by atoms with Gasteiger partial charge in [0.2, 0.25) is 0 Å². The predicted molar refractivity (Wildman–Crippen MR) is 151 cm³/mol. The topological polar surface area (TPSA) is 187 Å². The molecule has 1 aromatic carbocycles. The fourth-order valence-corrected chi connectivity index (χ4v) is 4.88. The Morgan fingerprint density at radius 1 is 1.31 bits per heavy atom. The number of rotatable bonds is 7. The molecule has 0 amide bonds. The van der Waals surface area contributed by atoms with Crippen LogP contribution in [0, 0.1) is 13.8 Å². The van der Waals surface area contributed by atoms with Crippen LogP contribution < -0.4 is 21.5 Å². The van der Waals surface area contributed by atoms with Gasteiger partial charge in [-0.05, 0) is 44.1 Å². The first kappa shape index (κ1) is 32.1. The second kappa shape index (κ2) is 12.7. The molecule has 2 aromatic heterocycles. The van der Waals surface area contributed by atoms with Crippen molar-refractivity contribution in [2.24, 2.45) is 10.7 Å². The molecular weight excluding hydrogens is 581 g/mol. The number of dihydropyridines is 1. The highest BCUT2D eigenvalue weighted by atomic mass is 35.5. The fraction of sp³-hybridized carbons (Fsp3) is 0.346. The van der Waals surface area contributed by atoms with E-state index in [4.69, 9.17) is 42.8 Å². The Morgan fingerprint density at radius 3 is 2.57 bits per heavy atom. The molecule has 0 saturated heterocycles. The standard InChI is InChI=1S/C24H29ClN8O2.C2HF3O2/c1-13-6-5-7-18(35-4)20(13)24(23(27)28-8-9-34)17(10-16(25)11-31-24)15(3)33-22-19(14(2)32-33)21(26)29-12-30-22;3-2(4,5)1(6)7/h5-7,10-12,15,31,34H,8-9H2,1-4H3,(H2,27,28)(H2,26,29,30);(H,6,7). The molecule has 42 heavy (non-hydrogen) atoms. The predicted octanol–water partition coefficient (Wildman–Crippen LogP) is 3.08. The van der Waals surface area contributed by atoms with E-state index in [1.807, 2.05) is 45.0 Å². The number of aromatic nitrogens is 4. The minimum Gasteiger partial charge on any atom is -0.496 e. The molecule has 0 radical (unpaired) electrons. The Hall–Kier alpha value is -4.37. The molecule has 0 bridgehead atoms. The van der Waals surface area contributed by atoms with E-state index in [9.17, 15) is 18.3 Å². The van der Waals surface area contributed by atoms with E-state index in [0.717, 1.165) is 16.7 Å². The van der Waals surface area contributed by atoms with Crippen LogP contribution in [-0.2, 0) is 10.3 Å². The number of alkyl halides is 3. The number of benzene rings is 1. The molecule has 16 heteroatoms. The van der Waals surface area contributed by atoms with Gasteiger partial charge in [-0.15, -0.1) is 0 Å². The monoisotopic (exact) mass is 610 g/mol. The molecule has 7 N–H and O–H groups in total. The van der Waals surface area contributed by atoms with Crippen LogP contribution in [0.5, 0.6) is 5.75 Å². The summed E-state index contributed by atoms with van der Waals surface area (Å²) in [5, 5.41) is 25.9. The van der Waals surface area contributed by atoms with Crippen molar-refractivity contribution in [1.82, 2.24) is 25.1 Å². The van der Waals surface area contributed by atoms with Gasteiger partial charge in [0.15, 0.2) is 5.65 Å². The number of aliphatic carboxylic acids is 1. The van der Waals surface area contributed by atoms with Crippen molar-refractivity contribution in [2.45, 2.75) is 38.5 Å². The molecule has 1 aliphatic heterocycles. The molecule has 4 rings (SSSR count). The Bertz CT molecular complexity index is 1570. The van der Waals surface area contributed by atoms with Gasteiger partial charge < -0.3 is 31.7 Å². The lowest BCUT2D eigenvalue weighted by Crippen LogP contribution is -2.55. The number of allylic oxidation sites excluding steroid dienone is 2. The summed E-state index contributed by atoms with van der Waals surface area (Å²) in [4.78, 5) is 22.0. The number of amidine groups is 1. The third kappa shape index (κ3) is 6.11. The van der Waals surface area contributed by atoms with Crippen molar-refractivity contribution in [3.63, 3.8) is 0 Å². The number of aliphatic hydroxyl groups is 1. The Labute approximate surface area is 243 Å².